The fraction of sp³-hybridized carbons (Fsp3) is 0.214. The quantitative estimate of drug-likeness (QED) is 0.428. The molecule has 0 radical (unpaired) electrons. The molecule has 0 spiro atoms. The van der Waals surface area contributed by atoms with Gasteiger partial charge in [-0.3, -0.25) is 0 Å². The van der Waals surface area contributed by atoms with Gasteiger partial charge in [0.25, 0.3) is 0 Å². The van der Waals surface area contributed by atoms with Gasteiger partial charge in [0, 0.05) is 5.69 Å². The number of rotatable bonds is 4. The van der Waals surface area contributed by atoms with Crippen molar-refractivity contribution < 1.29 is 9.52 Å². The summed E-state index contributed by atoms with van der Waals surface area (Å²) in [6.45, 7) is 1.75. The first kappa shape index (κ1) is 16.5. The second kappa shape index (κ2) is 7.30. The van der Waals surface area contributed by atoms with E-state index in [4.69, 9.17) is 10.2 Å². The van der Waals surface area contributed by atoms with Crippen molar-refractivity contribution in [3.63, 3.8) is 0 Å². The third-order valence-electron chi connectivity index (χ3n) is 2.66. The maximum atomic E-state index is 10.2. The molecule has 1 aromatic carbocycles. The molecule has 0 aliphatic heterocycles. The van der Waals surface area contributed by atoms with Gasteiger partial charge in [0.2, 0.25) is 0 Å². The van der Waals surface area contributed by atoms with Gasteiger partial charge in [0.05, 0.1) is 12.8 Å². The molecule has 0 saturated carbocycles. The van der Waals surface area contributed by atoms with Crippen molar-refractivity contribution in [2.45, 2.75) is 12.5 Å². The molecule has 1 aromatic heterocycles. The van der Waals surface area contributed by atoms with Crippen LogP contribution in [0.1, 0.15) is 12.7 Å². The van der Waals surface area contributed by atoms with Crippen LogP contribution >= 0.6 is 24.0 Å². The number of guanidine groups is 1. The van der Waals surface area contributed by atoms with Crippen LogP contribution in [0.5, 0.6) is 0 Å². The van der Waals surface area contributed by atoms with Gasteiger partial charge >= 0.3 is 0 Å². The number of furan rings is 1. The van der Waals surface area contributed by atoms with E-state index in [2.05, 4.69) is 10.3 Å². The fourth-order valence-corrected chi connectivity index (χ4v) is 1.61. The molecule has 2 aromatic rings. The third-order valence-corrected chi connectivity index (χ3v) is 2.66. The molecule has 4 N–H and O–H groups in total. The Balaban J connectivity index is 0.00000200. The summed E-state index contributed by atoms with van der Waals surface area (Å²) in [5.74, 6) is 0.710. The van der Waals surface area contributed by atoms with E-state index < -0.39 is 5.60 Å². The molecule has 20 heavy (non-hydrogen) atoms. The van der Waals surface area contributed by atoms with E-state index in [1.807, 2.05) is 30.3 Å². The summed E-state index contributed by atoms with van der Waals surface area (Å²) in [5.41, 5.74) is 5.44. The number of hydrogen-bond acceptors (Lipinski definition) is 3. The minimum absolute atomic E-state index is 0. The lowest BCUT2D eigenvalue weighted by Crippen LogP contribution is -2.29. The van der Waals surface area contributed by atoms with Crippen molar-refractivity contribution in [1.29, 1.82) is 0 Å². The minimum Gasteiger partial charge on any atom is -0.466 e. The number of aliphatic hydroxyl groups is 1. The Labute approximate surface area is 134 Å². The molecule has 5 nitrogen and oxygen atoms in total. The van der Waals surface area contributed by atoms with Gasteiger partial charge in [-0.1, -0.05) is 18.2 Å². The SMILES string of the molecule is CC(O)(CN=C(N)Nc1ccccc1)c1ccco1.I. The molecule has 1 heterocycles. The molecule has 0 saturated heterocycles. The number of benzene rings is 1. The van der Waals surface area contributed by atoms with E-state index in [1.165, 1.54) is 6.26 Å². The average Bonchev–Trinajstić information content (AvgIpc) is 2.92. The molecular formula is C14H18IN3O2. The van der Waals surface area contributed by atoms with Crippen molar-refractivity contribution in [1.82, 2.24) is 0 Å². The van der Waals surface area contributed by atoms with Gasteiger partial charge in [-0.25, -0.2) is 4.99 Å². The molecular weight excluding hydrogens is 369 g/mol. The van der Waals surface area contributed by atoms with Crippen LogP contribution < -0.4 is 11.1 Å². The van der Waals surface area contributed by atoms with Crippen LogP contribution in [-0.2, 0) is 5.60 Å². The highest BCUT2D eigenvalue weighted by Crippen LogP contribution is 2.21. The Morgan fingerprint density at radius 2 is 2.00 bits per heavy atom. The highest BCUT2D eigenvalue weighted by Gasteiger charge is 2.25. The predicted octanol–water partition coefficient (Wildman–Crippen LogP) is 2.53. The summed E-state index contributed by atoms with van der Waals surface area (Å²) in [4.78, 5) is 4.12. The van der Waals surface area contributed by atoms with E-state index in [1.54, 1.807) is 19.1 Å². The second-order valence-electron chi connectivity index (χ2n) is 4.44. The highest BCUT2D eigenvalue weighted by atomic mass is 127. The zero-order valence-corrected chi connectivity index (χ0v) is 13.4. The number of nitrogens with two attached hydrogens (primary N) is 1. The van der Waals surface area contributed by atoms with E-state index in [-0.39, 0.29) is 36.5 Å². The number of para-hydroxylation sites is 1. The minimum atomic E-state index is -1.17. The maximum Gasteiger partial charge on any atom is 0.193 e. The third kappa shape index (κ3) is 4.53. The van der Waals surface area contributed by atoms with Crippen molar-refractivity contribution in [2.24, 2.45) is 10.7 Å². The monoisotopic (exact) mass is 387 g/mol. The van der Waals surface area contributed by atoms with E-state index in [0.29, 0.717) is 5.76 Å². The standard InChI is InChI=1S/C14H17N3O2.HI/c1-14(18,12-8-5-9-19-12)10-16-13(15)17-11-6-3-2-4-7-11;/h2-9,18H,10H2,1H3,(H3,15,16,17);1H. The maximum absolute atomic E-state index is 10.2. The van der Waals surface area contributed by atoms with Gasteiger partial charge in [-0.15, -0.1) is 24.0 Å². The van der Waals surface area contributed by atoms with Crippen LogP contribution in [0.4, 0.5) is 5.69 Å². The molecule has 1 unspecified atom stereocenters. The Morgan fingerprint density at radius 3 is 2.60 bits per heavy atom. The molecule has 0 amide bonds. The van der Waals surface area contributed by atoms with Gasteiger partial charge in [-0.2, -0.15) is 0 Å². The summed E-state index contributed by atoms with van der Waals surface area (Å²) in [6, 6.07) is 12.9. The molecule has 0 bridgehead atoms. The molecule has 1 atom stereocenters. The number of anilines is 1. The van der Waals surface area contributed by atoms with Crippen LogP contribution in [0.2, 0.25) is 0 Å². The topological polar surface area (TPSA) is 83.8 Å². The van der Waals surface area contributed by atoms with Crippen molar-refractivity contribution in [3.8, 4) is 0 Å². The van der Waals surface area contributed by atoms with E-state index in [0.717, 1.165) is 5.69 Å². The normalized spacial score (nSPS) is 14.2. The molecule has 0 aliphatic carbocycles. The van der Waals surface area contributed by atoms with E-state index >= 15 is 0 Å². The molecule has 2 rings (SSSR count). The molecule has 6 heteroatoms. The number of aliphatic imine (C=N–C) groups is 1. The zero-order valence-electron chi connectivity index (χ0n) is 11.1. The summed E-state index contributed by atoms with van der Waals surface area (Å²) < 4.78 is 5.17. The smallest absolute Gasteiger partial charge is 0.193 e. The first-order valence-electron chi connectivity index (χ1n) is 5.96. The van der Waals surface area contributed by atoms with Crippen LogP contribution in [0.3, 0.4) is 0 Å². The van der Waals surface area contributed by atoms with Crippen molar-refractivity contribution in [2.75, 3.05) is 11.9 Å². The number of halogens is 1. The highest BCUT2D eigenvalue weighted by molar-refractivity contribution is 14.0. The Bertz CT molecular complexity index is 539. The largest absolute Gasteiger partial charge is 0.466 e. The molecule has 108 valence electrons. The summed E-state index contributed by atoms with van der Waals surface area (Å²) in [6.07, 6.45) is 1.51. The predicted molar refractivity (Wildman–Crippen MR) is 90.2 cm³/mol. The Morgan fingerprint density at radius 1 is 1.30 bits per heavy atom. The number of nitrogens with one attached hydrogen (secondary N) is 1. The molecule has 0 fully saturated rings. The zero-order chi connectivity index (χ0) is 13.7. The Kier molecular flexibility index (Phi) is 6.03. The van der Waals surface area contributed by atoms with Crippen molar-refractivity contribution in [3.05, 3.63) is 54.5 Å². The summed E-state index contributed by atoms with van der Waals surface area (Å²) in [5, 5.41) is 13.2. The van der Waals surface area contributed by atoms with Crippen LogP contribution in [0.15, 0.2) is 58.1 Å². The van der Waals surface area contributed by atoms with Gasteiger partial charge in [-0.05, 0) is 31.2 Å². The summed E-state index contributed by atoms with van der Waals surface area (Å²) >= 11 is 0. The lowest BCUT2D eigenvalue weighted by molar-refractivity contribution is 0.0438. The first-order chi connectivity index (χ1) is 9.08. The fourth-order valence-electron chi connectivity index (χ4n) is 1.61. The van der Waals surface area contributed by atoms with Gasteiger partial charge in [0.15, 0.2) is 5.96 Å². The average molecular weight is 387 g/mol. The van der Waals surface area contributed by atoms with Gasteiger partial charge in [0.1, 0.15) is 11.4 Å². The van der Waals surface area contributed by atoms with Gasteiger partial charge < -0.3 is 20.6 Å². The lowest BCUT2D eigenvalue weighted by atomic mass is 10.0. The first-order valence-corrected chi connectivity index (χ1v) is 5.96. The number of hydrogen-bond donors (Lipinski definition) is 3. The second-order valence-corrected chi connectivity index (χ2v) is 4.44. The van der Waals surface area contributed by atoms with Crippen LogP contribution in [0, 0.1) is 0 Å². The lowest BCUT2D eigenvalue weighted by Gasteiger charge is -2.18. The molecule has 0 aliphatic rings. The Hall–Kier alpha value is -1.54. The van der Waals surface area contributed by atoms with E-state index in [9.17, 15) is 5.11 Å². The van der Waals surface area contributed by atoms with Crippen LogP contribution in [0.25, 0.3) is 0 Å². The van der Waals surface area contributed by atoms with Crippen LogP contribution in [-0.4, -0.2) is 17.6 Å². The number of nitrogens with zero attached hydrogens (tertiary/aromatic N) is 1. The summed E-state index contributed by atoms with van der Waals surface area (Å²) in [7, 11) is 0. The van der Waals surface area contributed by atoms with Crippen molar-refractivity contribution >= 4 is 35.6 Å².